The predicted octanol–water partition coefficient (Wildman–Crippen LogP) is 3.87. The number of rotatable bonds is 5. The lowest BCUT2D eigenvalue weighted by Gasteiger charge is -2.19. The number of methoxy groups -OCH3 is 1. The summed E-state index contributed by atoms with van der Waals surface area (Å²) in [6.07, 6.45) is 1.06. The lowest BCUT2D eigenvalue weighted by Crippen LogP contribution is -2.18. The van der Waals surface area contributed by atoms with E-state index in [1.54, 1.807) is 7.11 Å². The quantitative estimate of drug-likeness (QED) is 0.889. The molecule has 0 fully saturated rings. The van der Waals surface area contributed by atoms with E-state index in [0.717, 1.165) is 17.7 Å². The first kappa shape index (κ1) is 14.6. The van der Waals surface area contributed by atoms with Crippen LogP contribution in [0.2, 0.25) is 0 Å². The zero-order chi connectivity index (χ0) is 14.5. The minimum Gasteiger partial charge on any atom is -0.496 e. The molecule has 0 amide bonds. The highest BCUT2D eigenvalue weighted by atomic mass is 16.5. The van der Waals surface area contributed by atoms with Crippen molar-refractivity contribution in [3.05, 3.63) is 64.7 Å². The van der Waals surface area contributed by atoms with E-state index in [-0.39, 0.29) is 6.04 Å². The van der Waals surface area contributed by atoms with Crippen LogP contribution < -0.4 is 10.1 Å². The van der Waals surface area contributed by atoms with Gasteiger partial charge in [0.25, 0.3) is 0 Å². The zero-order valence-electron chi connectivity index (χ0n) is 12.7. The Kier molecular flexibility index (Phi) is 4.80. The molecule has 0 bridgehead atoms. The Morgan fingerprint density at radius 1 is 1.10 bits per heavy atom. The Morgan fingerprint density at radius 3 is 2.45 bits per heavy atom. The molecule has 20 heavy (non-hydrogen) atoms. The summed E-state index contributed by atoms with van der Waals surface area (Å²) < 4.78 is 5.34. The van der Waals surface area contributed by atoms with Crippen LogP contribution in [-0.4, -0.2) is 14.2 Å². The molecule has 106 valence electrons. The molecule has 0 aliphatic rings. The monoisotopic (exact) mass is 269 g/mol. The number of nitrogens with one attached hydrogen (secondary N) is 1. The lowest BCUT2D eigenvalue weighted by atomic mass is 9.95. The van der Waals surface area contributed by atoms with Crippen molar-refractivity contribution in [1.29, 1.82) is 0 Å². The van der Waals surface area contributed by atoms with E-state index < -0.39 is 0 Å². The van der Waals surface area contributed by atoms with Crippen LogP contribution in [0.5, 0.6) is 5.75 Å². The fraction of sp³-hybridized carbons (Fsp3) is 0.333. The fourth-order valence-corrected chi connectivity index (χ4v) is 2.60. The van der Waals surface area contributed by atoms with Gasteiger partial charge in [-0.05, 0) is 48.7 Å². The van der Waals surface area contributed by atoms with Gasteiger partial charge in [-0.3, -0.25) is 0 Å². The van der Waals surface area contributed by atoms with Crippen molar-refractivity contribution in [2.45, 2.75) is 26.3 Å². The van der Waals surface area contributed by atoms with Gasteiger partial charge < -0.3 is 10.1 Å². The van der Waals surface area contributed by atoms with Gasteiger partial charge in [0.05, 0.1) is 13.2 Å². The largest absolute Gasteiger partial charge is 0.496 e. The molecule has 2 aromatic carbocycles. The van der Waals surface area contributed by atoms with E-state index in [1.165, 1.54) is 16.7 Å². The molecule has 0 saturated carbocycles. The molecule has 2 aromatic rings. The van der Waals surface area contributed by atoms with Crippen LogP contribution in [0.1, 0.15) is 35.2 Å². The SMILES string of the molecule is CCc1cccc(C(NC)c2ccc(OC)c(C)c2)c1. The number of aryl methyl sites for hydroxylation is 2. The average molecular weight is 269 g/mol. The highest BCUT2D eigenvalue weighted by Crippen LogP contribution is 2.27. The van der Waals surface area contributed by atoms with Gasteiger partial charge in [0.15, 0.2) is 0 Å². The van der Waals surface area contributed by atoms with Crippen LogP contribution >= 0.6 is 0 Å². The first-order valence-electron chi connectivity index (χ1n) is 7.10. The van der Waals surface area contributed by atoms with Gasteiger partial charge in [0.2, 0.25) is 0 Å². The van der Waals surface area contributed by atoms with Crippen molar-refractivity contribution in [1.82, 2.24) is 5.32 Å². The number of hydrogen-bond donors (Lipinski definition) is 1. The maximum absolute atomic E-state index is 5.34. The van der Waals surface area contributed by atoms with Gasteiger partial charge in [-0.1, -0.05) is 43.3 Å². The Labute approximate surface area is 121 Å². The molecule has 0 aliphatic carbocycles. The van der Waals surface area contributed by atoms with E-state index in [4.69, 9.17) is 4.74 Å². The van der Waals surface area contributed by atoms with Gasteiger partial charge in [-0.2, -0.15) is 0 Å². The Balaban J connectivity index is 2.38. The molecular formula is C18H23NO. The second-order valence-electron chi connectivity index (χ2n) is 5.05. The topological polar surface area (TPSA) is 21.3 Å². The molecule has 0 aliphatic heterocycles. The predicted molar refractivity (Wildman–Crippen MR) is 84.5 cm³/mol. The van der Waals surface area contributed by atoms with E-state index >= 15 is 0 Å². The second-order valence-corrected chi connectivity index (χ2v) is 5.05. The molecule has 0 spiro atoms. The zero-order valence-corrected chi connectivity index (χ0v) is 12.7. The Hall–Kier alpha value is -1.80. The summed E-state index contributed by atoms with van der Waals surface area (Å²) in [4.78, 5) is 0. The van der Waals surface area contributed by atoms with Crippen LogP contribution in [0.4, 0.5) is 0 Å². The summed E-state index contributed by atoms with van der Waals surface area (Å²) in [7, 11) is 3.71. The summed E-state index contributed by atoms with van der Waals surface area (Å²) in [5, 5.41) is 3.41. The molecule has 2 nitrogen and oxygen atoms in total. The lowest BCUT2D eigenvalue weighted by molar-refractivity contribution is 0.411. The highest BCUT2D eigenvalue weighted by molar-refractivity contribution is 5.41. The highest BCUT2D eigenvalue weighted by Gasteiger charge is 2.13. The molecule has 0 aromatic heterocycles. The van der Waals surface area contributed by atoms with Crippen LogP contribution in [0, 0.1) is 6.92 Å². The molecule has 0 radical (unpaired) electrons. The van der Waals surface area contributed by atoms with Crippen molar-refractivity contribution in [2.75, 3.05) is 14.2 Å². The van der Waals surface area contributed by atoms with Gasteiger partial charge in [0, 0.05) is 0 Å². The van der Waals surface area contributed by atoms with Crippen molar-refractivity contribution >= 4 is 0 Å². The summed E-state index contributed by atoms with van der Waals surface area (Å²) in [5.41, 5.74) is 5.10. The van der Waals surface area contributed by atoms with Gasteiger partial charge >= 0.3 is 0 Å². The van der Waals surface area contributed by atoms with Gasteiger partial charge in [0.1, 0.15) is 5.75 Å². The maximum Gasteiger partial charge on any atom is 0.121 e. The third kappa shape index (κ3) is 3.02. The number of benzene rings is 2. The summed E-state index contributed by atoms with van der Waals surface area (Å²) in [6, 6.07) is 15.3. The molecule has 1 N–H and O–H groups in total. The van der Waals surface area contributed by atoms with E-state index in [0.29, 0.717) is 0 Å². The van der Waals surface area contributed by atoms with Crippen molar-refractivity contribution in [2.24, 2.45) is 0 Å². The van der Waals surface area contributed by atoms with Crippen LogP contribution in [0.15, 0.2) is 42.5 Å². The second kappa shape index (κ2) is 6.58. The number of ether oxygens (including phenoxy) is 1. The first-order chi connectivity index (χ1) is 9.69. The van der Waals surface area contributed by atoms with E-state index in [2.05, 4.69) is 55.6 Å². The van der Waals surface area contributed by atoms with Gasteiger partial charge in [-0.15, -0.1) is 0 Å². The van der Waals surface area contributed by atoms with Crippen molar-refractivity contribution in [3.63, 3.8) is 0 Å². The van der Waals surface area contributed by atoms with Crippen molar-refractivity contribution in [3.8, 4) is 5.75 Å². The molecular weight excluding hydrogens is 246 g/mol. The minimum absolute atomic E-state index is 0.214. The number of hydrogen-bond acceptors (Lipinski definition) is 2. The molecule has 1 unspecified atom stereocenters. The standard InChI is InChI=1S/C18H23NO/c1-5-14-7-6-8-15(12-14)18(19-3)16-9-10-17(20-4)13(2)11-16/h6-12,18-19H,5H2,1-4H3. The van der Waals surface area contributed by atoms with E-state index in [9.17, 15) is 0 Å². The average Bonchev–Trinajstić information content (AvgIpc) is 2.48. The Bertz CT molecular complexity index is 577. The van der Waals surface area contributed by atoms with Crippen LogP contribution in [-0.2, 0) is 6.42 Å². The summed E-state index contributed by atoms with van der Waals surface area (Å²) in [6.45, 7) is 4.27. The molecule has 2 heteroatoms. The molecule has 0 saturated heterocycles. The van der Waals surface area contributed by atoms with Crippen molar-refractivity contribution < 1.29 is 4.74 Å². The normalized spacial score (nSPS) is 12.2. The fourth-order valence-electron chi connectivity index (χ4n) is 2.60. The summed E-state index contributed by atoms with van der Waals surface area (Å²) >= 11 is 0. The van der Waals surface area contributed by atoms with Gasteiger partial charge in [-0.25, -0.2) is 0 Å². The maximum atomic E-state index is 5.34. The smallest absolute Gasteiger partial charge is 0.121 e. The van der Waals surface area contributed by atoms with E-state index in [1.807, 2.05) is 13.1 Å². The van der Waals surface area contributed by atoms with Crippen LogP contribution in [0.3, 0.4) is 0 Å². The molecule has 1 atom stereocenters. The van der Waals surface area contributed by atoms with Crippen LogP contribution in [0.25, 0.3) is 0 Å². The minimum atomic E-state index is 0.214. The first-order valence-corrected chi connectivity index (χ1v) is 7.10. The molecule has 2 rings (SSSR count). The third-order valence-electron chi connectivity index (χ3n) is 3.73. The Morgan fingerprint density at radius 2 is 1.85 bits per heavy atom. The molecule has 0 heterocycles. The summed E-state index contributed by atoms with van der Waals surface area (Å²) in [5.74, 6) is 0.936. The third-order valence-corrected chi connectivity index (χ3v) is 3.73.